The Balaban J connectivity index is 4.14. The van der Waals surface area contributed by atoms with Gasteiger partial charge in [0, 0.05) is 19.4 Å². The molecule has 0 spiro atoms. The maximum absolute atomic E-state index is 12.6. The van der Waals surface area contributed by atoms with E-state index in [9.17, 15) is 19.0 Å². The summed E-state index contributed by atoms with van der Waals surface area (Å²) < 4.78 is 32.7. The number of hydrogen-bond donors (Lipinski definition) is 2. The van der Waals surface area contributed by atoms with Gasteiger partial charge in [0.25, 0.3) is 0 Å². The quantitative estimate of drug-likeness (QED) is 0.0269. The molecule has 10 heteroatoms. The van der Waals surface area contributed by atoms with Crippen molar-refractivity contribution in [1.82, 2.24) is 0 Å². The lowest BCUT2D eigenvalue weighted by Crippen LogP contribution is -2.29. The average molecular weight is 774 g/mol. The third kappa shape index (κ3) is 40.2. The van der Waals surface area contributed by atoms with Crippen LogP contribution in [0.4, 0.5) is 0 Å². The van der Waals surface area contributed by atoms with Gasteiger partial charge in [-0.15, -0.1) is 0 Å². The maximum atomic E-state index is 12.6. The summed E-state index contributed by atoms with van der Waals surface area (Å²) in [6.07, 6.45) is 41.0. The standard InChI is InChI=1S/C43H84NO8P/c1-3-5-7-9-11-13-15-17-19-20-22-24-26-28-30-32-34-36-43(46)52-41(40-51-53(47,48)50-38-37-44)39-49-42(45)35-33-31-29-27-25-23-21-18-16-14-12-10-8-6-4-2/h28,30,41H,3-27,29,31-40,44H2,1-2H3,(H,47,48)/b30-28+/t41-/m1/s1. The number of esters is 2. The molecule has 0 aliphatic heterocycles. The van der Waals surface area contributed by atoms with E-state index in [1.807, 2.05) is 0 Å². The van der Waals surface area contributed by atoms with Gasteiger partial charge < -0.3 is 20.1 Å². The fraction of sp³-hybridized carbons (Fsp3) is 0.907. The molecule has 0 aliphatic rings. The Hall–Kier alpha value is -1.25. The molecule has 0 aromatic heterocycles. The molecule has 0 aromatic rings. The molecule has 0 rings (SSSR count). The highest BCUT2D eigenvalue weighted by atomic mass is 31.2. The highest BCUT2D eigenvalue weighted by molar-refractivity contribution is 7.47. The molecular formula is C43H84NO8P. The molecular weight excluding hydrogens is 689 g/mol. The van der Waals surface area contributed by atoms with Crippen LogP contribution in [0.1, 0.15) is 219 Å². The Morgan fingerprint density at radius 2 is 0.943 bits per heavy atom. The van der Waals surface area contributed by atoms with E-state index in [-0.39, 0.29) is 38.6 Å². The topological polar surface area (TPSA) is 134 Å². The van der Waals surface area contributed by atoms with Crippen LogP contribution in [-0.4, -0.2) is 49.3 Å². The van der Waals surface area contributed by atoms with Crippen molar-refractivity contribution < 1.29 is 37.6 Å². The van der Waals surface area contributed by atoms with Crippen LogP contribution in [0.3, 0.4) is 0 Å². The minimum absolute atomic E-state index is 0.0526. The number of unbranched alkanes of at least 4 members (excludes halogenated alkanes) is 27. The smallest absolute Gasteiger partial charge is 0.462 e. The van der Waals surface area contributed by atoms with Crippen molar-refractivity contribution in [3.05, 3.63) is 12.2 Å². The Morgan fingerprint density at radius 1 is 0.547 bits per heavy atom. The van der Waals surface area contributed by atoms with Crippen LogP contribution in [0.5, 0.6) is 0 Å². The summed E-state index contributed by atoms with van der Waals surface area (Å²) in [5, 5.41) is 0. The molecule has 0 bridgehead atoms. The molecule has 0 aliphatic carbocycles. The second kappa shape index (κ2) is 40.4. The average Bonchev–Trinajstić information content (AvgIpc) is 3.14. The van der Waals surface area contributed by atoms with Gasteiger partial charge in [0.15, 0.2) is 6.10 Å². The molecule has 0 saturated heterocycles. The first-order valence-corrected chi connectivity index (χ1v) is 23.7. The number of carbonyl (C=O) groups excluding carboxylic acids is 2. The molecule has 0 saturated carbocycles. The summed E-state index contributed by atoms with van der Waals surface area (Å²) in [6.45, 7) is 3.73. The Morgan fingerprint density at radius 3 is 1.40 bits per heavy atom. The number of phosphoric ester groups is 1. The number of hydrogen-bond acceptors (Lipinski definition) is 8. The summed E-state index contributed by atoms with van der Waals surface area (Å²) in [5.74, 6) is -0.854. The third-order valence-corrected chi connectivity index (χ3v) is 10.6. The van der Waals surface area contributed by atoms with E-state index in [1.54, 1.807) is 0 Å². The number of ether oxygens (including phenoxy) is 2. The highest BCUT2D eigenvalue weighted by Gasteiger charge is 2.26. The van der Waals surface area contributed by atoms with E-state index in [0.717, 1.165) is 32.1 Å². The van der Waals surface area contributed by atoms with Gasteiger partial charge in [0.2, 0.25) is 0 Å². The predicted octanol–water partition coefficient (Wildman–Crippen LogP) is 12.6. The largest absolute Gasteiger partial charge is 0.472 e. The highest BCUT2D eigenvalue weighted by Crippen LogP contribution is 2.43. The molecule has 0 aromatic carbocycles. The van der Waals surface area contributed by atoms with Crippen LogP contribution in [0.15, 0.2) is 12.2 Å². The van der Waals surface area contributed by atoms with Gasteiger partial charge in [-0.25, -0.2) is 4.57 Å². The lowest BCUT2D eigenvalue weighted by Gasteiger charge is -2.19. The third-order valence-electron chi connectivity index (χ3n) is 9.65. The molecule has 314 valence electrons. The normalized spacial score (nSPS) is 13.4. The van der Waals surface area contributed by atoms with Gasteiger partial charge in [-0.3, -0.25) is 18.6 Å². The fourth-order valence-electron chi connectivity index (χ4n) is 6.35. The van der Waals surface area contributed by atoms with Crippen molar-refractivity contribution in [3.63, 3.8) is 0 Å². The molecule has 0 fully saturated rings. The van der Waals surface area contributed by atoms with Crippen molar-refractivity contribution in [2.75, 3.05) is 26.4 Å². The van der Waals surface area contributed by atoms with Crippen molar-refractivity contribution in [2.45, 2.75) is 225 Å². The first kappa shape index (κ1) is 51.8. The van der Waals surface area contributed by atoms with Crippen LogP contribution >= 0.6 is 7.82 Å². The van der Waals surface area contributed by atoms with Gasteiger partial charge in [-0.2, -0.15) is 0 Å². The van der Waals surface area contributed by atoms with Crippen molar-refractivity contribution in [3.8, 4) is 0 Å². The number of carbonyl (C=O) groups is 2. The Kier molecular flexibility index (Phi) is 39.5. The second-order valence-electron chi connectivity index (χ2n) is 14.9. The predicted molar refractivity (Wildman–Crippen MR) is 220 cm³/mol. The van der Waals surface area contributed by atoms with Gasteiger partial charge in [-0.1, -0.05) is 187 Å². The molecule has 1 unspecified atom stereocenters. The minimum Gasteiger partial charge on any atom is -0.462 e. The van der Waals surface area contributed by atoms with Crippen LogP contribution in [0.2, 0.25) is 0 Å². The summed E-state index contributed by atoms with van der Waals surface area (Å²) in [5.41, 5.74) is 5.35. The Bertz CT molecular complexity index is 886. The van der Waals surface area contributed by atoms with E-state index in [4.69, 9.17) is 24.3 Å². The van der Waals surface area contributed by atoms with E-state index < -0.39 is 26.5 Å². The molecule has 0 heterocycles. The van der Waals surface area contributed by atoms with Crippen LogP contribution < -0.4 is 5.73 Å². The number of allylic oxidation sites excluding steroid dienone is 2. The zero-order chi connectivity index (χ0) is 38.9. The van der Waals surface area contributed by atoms with Crippen LogP contribution in [0, 0.1) is 0 Å². The molecule has 0 radical (unpaired) electrons. The SMILES string of the molecule is CCCCCCCCCCCCCC/C=C/CCCC(=O)O[C@H](COC(=O)CCCCCCCCCCCCCCCCC)COP(=O)(O)OCCN. The van der Waals surface area contributed by atoms with Gasteiger partial charge >= 0.3 is 19.8 Å². The maximum Gasteiger partial charge on any atom is 0.472 e. The molecule has 0 amide bonds. The fourth-order valence-corrected chi connectivity index (χ4v) is 7.11. The summed E-state index contributed by atoms with van der Waals surface area (Å²) in [6, 6.07) is 0. The van der Waals surface area contributed by atoms with Crippen molar-refractivity contribution in [1.29, 1.82) is 0 Å². The lowest BCUT2D eigenvalue weighted by atomic mass is 10.0. The summed E-state index contributed by atoms with van der Waals surface area (Å²) in [4.78, 5) is 34.8. The van der Waals surface area contributed by atoms with Crippen LogP contribution in [-0.2, 0) is 32.7 Å². The second-order valence-corrected chi connectivity index (χ2v) is 16.4. The van der Waals surface area contributed by atoms with E-state index in [2.05, 4.69) is 26.0 Å². The zero-order valence-corrected chi connectivity index (χ0v) is 35.4. The molecule has 53 heavy (non-hydrogen) atoms. The number of rotatable bonds is 42. The Labute approximate surface area is 326 Å². The van der Waals surface area contributed by atoms with Gasteiger partial charge in [0.1, 0.15) is 6.61 Å². The molecule has 2 atom stereocenters. The lowest BCUT2D eigenvalue weighted by molar-refractivity contribution is -0.161. The van der Waals surface area contributed by atoms with E-state index >= 15 is 0 Å². The van der Waals surface area contributed by atoms with Crippen molar-refractivity contribution in [2.24, 2.45) is 5.73 Å². The monoisotopic (exact) mass is 774 g/mol. The first-order chi connectivity index (χ1) is 25.8. The van der Waals surface area contributed by atoms with Crippen molar-refractivity contribution >= 4 is 19.8 Å². The van der Waals surface area contributed by atoms with Gasteiger partial charge in [0.05, 0.1) is 13.2 Å². The number of nitrogens with two attached hydrogens (primary N) is 1. The molecule has 9 nitrogen and oxygen atoms in total. The summed E-state index contributed by atoms with van der Waals surface area (Å²) in [7, 11) is -4.38. The summed E-state index contributed by atoms with van der Waals surface area (Å²) >= 11 is 0. The zero-order valence-electron chi connectivity index (χ0n) is 34.5. The van der Waals surface area contributed by atoms with Crippen LogP contribution in [0.25, 0.3) is 0 Å². The first-order valence-electron chi connectivity index (χ1n) is 22.2. The van der Waals surface area contributed by atoms with E-state index in [0.29, 0.717) is 6.42 Å². The van der Waals surface area contributed by atoms with Gasteiger partial charge in [-0.05, 0) is 32.1 Å². The molecule has 3 N–H and O–H groups in total. The minimum atomic E-state index is -4.38. The van der Waals surface area contributed by atoms with E-state index in [1.165, 1.54) is 154 Å². The number of phosphoric acid groups is 1.